The SMILES string of the molecule is Cc1ccc(CN2CCc3ncn(COCc4ccccc4)c3/C(=C/c3ccccc3)C2=O)cc1. The monoisotopic (exact) mass is 463 g/mol. The molecule has 0 fully saturated rings. The topological polar surface area (TPSA) is 47.4 Å². The molecule has 3 aromatic carbocycles. The third kappa shape index (κ3) is 5.42. The van der Waals surface area contributed by atoms with Crippen molar-refractivity contribution in [2.75, 3.05) is 6.54 Å². The molecule has 5 nitrogen and oxygen atoms in total. The number of amides is 1. The first-order chi connectivity index (χ1) is 17.2. The number of aromatic nitrogens is 2. The Morgan fingerprint density at radius 3 is 2.37 bits per heavy atom. The molecule has 0 spiro atoms. The van der Waals surface area contributed by atoms with Crippen LogP contribution in [0.4, 0.5) is 0 Å². The number of aryl methyl sites for hydroxylation is 1. The van der Waals surface area contributed by atoms with Gasteiger partial charge in [-0.3, -0.25) is 4.79 Å². The Morgan fingerprint density at radius 1 is 0.914 bits per heavy atom. The molecule has 4 aromatic rings. The maximum Gasteiger partial charge on any atom is 0.256 e. The molecule has 1 aliphatic heterocycles. The van der Waals surface area contributed by atoms with E-state index >= 15 is 0 Å². The van der Waals surface area contributed by atoms with Gasteiger partial charge >= 0.3 is 0 Å². The van der Waals surface area contributed by atoms with Crippen LogP contribution in [0.15, 0.2) is 91.3 Å². The summed E-state index contributed by atoms with van der Waals surface area (Å²) in [4.78, 5) is 20.5. The highest BCUT2D eigenvalue weighted by Crippen LogP contribution is 2.29. The van der Waals surface area contributed by atoms with Crippen LogP contribution in [-0.2, 0) is 35.8 Å². The second-order valence-electron chi connectivity index (χ2n) is 8.90. The fraction of sp³-hybridized carbons (Fsp3) is 0.200. The minimum absolute atomic E-state index is 0.0120. The van der Waals surface area contributed by atoms with Crippen LogP contribution in [0.1, 0.15) is 33.6 Å². The Kier molecular flexibility index (Phi) is 6.87. The molecule has 0 unspecified atom stereocenters. The standard InChI is InChI=1S/C30H29N3O2/c1-23-12-14-25(15-13-23)19-32-17-16-28-29(27(30(32)34)18-24-8-4-2-5-9-24)33(21-31-28)22-35-20-26-10-6-3-7-11-26/h2-15,18,21H,16-17,19-20,22H2,1H3/b27-18-. The molecule has 5 rings (SSSR count). The van der Waals surface area contributed by atoms with Gasteiger partial charge in [-0.1, -0.05) is 90.5 Å². The normalized spacial score (nSPS) is 14.7. The Hall–Kier alpha value is -3.96. The molecule has 0 saturated carbocycles. The summed E-state index contributed by atoms with van der Waals surface area (Å²) in [6.07, 6.45) is 4.46. The van der Waals surface area contributed by atoms with Crippen LogP contribution in [0.3, 0.4) is 0 Å². The first kappa shape index (κ1) is 22.8. The lowest BCUT2D eigenvalue weighted by Crippen LogP contribution is -2.31. The van der Waals surface area contributed by atoms with Gasteiger partial charge in [0.25, 0.3) is 5.91 Å². The molecule has 2 heterocycles. The average molecular weight is 464 g/mol. The largest absolute Gasteiger partial charge is 0.356 e. The minimum atomic E-state index is 0.0120. The van der Waals surface area contributed by atoms with Gasteiger partial charge in [0.2, 0.25) is 0 Å². The smallest absolute Gasteiger partial charge is 0.256 e. The van der Waals surface area contributed by atoms with Crippen LogP contribution in [0, 0.1) is 6.92 Å². The molecule has 1 aromatic heterocycles. The van der Waals surface area contributed by atoms with Crippen LogP contribution in [0.5, 0.6) is 0 Å². The second kappa shape index (κ2) is 10.5. The van der Waals surface area contributed by atoms with E-state index in [2.05, 4.69) is 36.2 Å². The lowest BCUT2D eigenvalue weighted by molar-refractivity contribution is -0.125. The number of imidazole rings is 1. The van der Waals surface area contributed by atoms with E-state index in [-0.39, 0.29) is 5.91 Å². The fourth-order valence-corrected chi connectivity index (χ4v) is 4.38. The first-order valence-electron chi connectivity index (χ1n) is 11.9. The summed E-state index contributed by atoms with van der Waals surface area (Å²) in [7, 11) is 0. The molecular weight excluding hydrogens is 434 g/mol. The highest BCUT2D eigenvalue weighted by Gasteiger charge is 2.29. The predicted molar refractivity (Wildman–Crippen MR) is 138 cm³/mol. The van der Waals surface area contributed by atoms with Crippen LogP contribution in [0.2, 0.25) is 0 Å². The van der Waals surface area contributed by atoms with Gasteiger partial charge in [0.05, 0.1) is 29.9 Å². The quantitative estimate of drug-likeness (QED) is 0.341. The molecule has 0 N–H and O–H groups in total. The van der Waals surface area contributed by atoms with Gasteiger partial charge < -0.3 is 14.2 Å². The van der Waals surface area contributed by atoms with Crippen LogP contribution >= 0.6 is 0 Å². The van der Waals surface area contributed by atoms with E-state index in [1.165, 1.54) is 5.56 Å². The third-order valence-corrected chi connectivity index (χ3v) is 6.25. The number of ether oxygens (including phenoxy) is 1. The van der Waals surface area contributed by atoms with Gasteiger partial charge in [0.15, 0.2) is 0 Å². The van der Waals surface area contributed by atoms with Gasteiger partial charge in [-0.25, -0.2) is 4.98 Å². The van der Waals surface area contributed by atoms with E-state index in [4.69, 9.17) is 4.74 Å². The summed E-state index contributed by atoms with van der Waals surface area (Å²) in [5, 5.41) is 0. The van der Waals surface area contributed by atoms with Crippen molar-refractivity contribution in [3.05, 3.63) is 125 Å². The van der Waals surface area contributed by atoms with Crippen molar-refractivity contribution in [2.24, 2.45) is 0 Å². The maximum atomic E-state index is 13.9. The van der Waals surface area contributed by atoms with Gasteiger partial charge in [-0.15, -0.1) is 0 Å². The lowest BCUT2D eigenvalue weighted by Gasteiger charge is -2.22. The van der Waals surface area contributed by atoms with E-state index in [9.17, 15) is 4.79 Å². The van der Waals surface area contributed by atoms with E-state index in [1.807, 2.05) is 76.2 Å². The van der Waals surface area contributed by atoms with Crippen molar-refractivity contribution in [2.45, 2.75) is 33.2 Å². The van der Waals surface area contributed by atoms with E-state index < -0.39 is 0 Å². The summed E-state index contributed by atoms with van der Waals surface area (Å²) in [5.41, 5.74) is 6.85. The highest BCUT2D eigenvalue weighted by molar-refractivity contribution is 6.24. The summed E-state index contributed by atoms with van der Waals surface area (Å²) < 4.78 is 7.97. The Bertz CT molecular complexity index is 1310. The van der Waals surface area contributed by atoms with Crippen LogP contribution < -0.4 is 0 Å². The molecule has 5 heteroatoms. The van der Waals surface area contributed by atoms with Crippen molar-refractivity contribution in [3.63, 3.8) is 0 Å². The van der Waals surface area contributed by atoms with Crippen molar-refractivity contribution in [1.29, 1.82) is 0 Å². The number of carbonyl (C=O) groups excluding carboxylic acids is 1. The zero-order valence-corrected chi connectivity index (χ0v) is 19.9. The second-order valence-corrected chi connectivity index (χ2v) is 8.90. The number of rotatable bonds is 7. The fourth-order valence-electron chi connectivity index (χ4n) is 4.38. The van der Waals surface area contributed by atoms with Gasteiger partial charge in [0.1, 0.15) is 6.73 Å². The van der Waals surface area contributed by atoms with E-state index in [0.29, 0.717) is 38.4 Å². The molecule has 176 valence electrons. The Balaban J connectivity index is 1.45. The summed E-state index contributed by atoms with van der Waals surface area (Å²) in [6, 6.07) is 28.4. The number of nitrogens with zero attached hydrogens (tertiary/aromatic N) is 3. The first-order valence-corrected chi connectivity index (χ1v) is 11.9. The van der Waals surface area contributed by atoms with Crippen molar-refractivity contribution >= 4 is 17.6 Å². The Morgan fingerprint density at radius 2 is 1.63 bits per heavy atom. The summed E-state index contributed by atoms with van der Waals surface area (Å²) in [5.74, 6) is 0.0120. The third-order valence-electron chi connectivity index (χ3n) is 6.25. The minimum Gasteiger partial charge on any atom is -0.356 e. The molecule has 0 bridgehead atoms. The molecule has 0 radical (unpaired) electrons. The number of hydrogen-bond acceptors (Lipinski definition) is 3. The maximum absolute atomic E-state index is 13.9. The number of carbonyl (C=O) groups is 1. The van der Waals surface area contributed by atoms with Gasteiger partial charge in [-0.05, 0) is 29.7 Å². The molecule has 1 amide bonds. The number of hydrogen-bond donors (Lipinski definition) is 0. The number of benzene rings is 3. The van der Waals surface area contributed by atoms with E-state index in [1.54, 1.807) is 6.33 Å². The van der Waals surface area contributed by atoms with Gasteiger partial charge in [0, 0.05) is 19.5 Å². The van der Waals surface area contributed by atoms with E-state index in [0.717, 1.165) is 28.1 Å². The zero-order valence-electron chi connectivity index (χ0n) is 19.9. The predicted octanol–water partition coefficient (Wildman–Crippen LogP) is 5.49. The summed E-state index contributed by atoms with van der Waals surface area (Å²) in [6.45, 7) is 4.09. The van der Waals surface area contributed by atoms with Crippen molar-refractivity contribution in [1.82, 2.24) is 14.5 Å². The van der Waals surface area contributed by atoms with Crippen LogP contribution in [0.25, 0.3) is 11.6 Å². The molecule has 0 atom stereocenters. The zero-order chi connectivity index (χ0) is 24.0. The molecule has 0 aliphatic carbocycles. The molecule has 35 heavy (non-hydrogen) atoms. The average Bonchev–Trinajstić information content (AvgIpc) is 3.24. The number of fused-ring (bicyclic) bond motifs is 1. The molecule has 0 saturated heterocycles. The van der Waals surface area contributed by atoms with Crippen molar-refractivity contribution < 1.29 is 9.53 Å². The molecular formula is C30H29N3O2. The van der Waals surface area contributed by atoms with Crippen molar-refractivity contribution in [3.8, 4) is 0 Å². The summed E-state index contributed by atoms with van der Waals surface area (Å²) >= 11 is 0. The van der Waals surface area contributed by atoms with Crippen LogP contribution in [-0.4, -0.2) is 26.9 Å². The van der Waals surface area contributed by atoms with Gasteiger partial charge in [-0.2, -0.15) is 0 Å². The Labute approximate surface area is 206 Å². The molecule has 1 aliphatic rings. The highest BCUT2D eigenvalue weighted by atomic mass is 16.5. The lowest BCUT2D eigenvalue weighted by atomic mass is 10.1.